The quantitative estimate of drug-likeness (QED) is 0.832. The Balaban J connectivity index is 1.73. The van der Waals surface area contributed by atoms with E-state index < -0.39 is 0 Å². The molecule has 0 aliphatic carbocycles. The second kappa shape index (κ2) is 8.56. The molecule has 6 heteroatoms. The fraction of sp³-hybridized carbons (Fsp3) is 0.190. The monoisotopic (exact) mass is 377 g/mol. The number of aryl methyl sites for hydroxylation is 1. The number of hydrogen-bond acceptors (Lipinski definition) is 4. The fourth-order valence-electron chi connectivity index (χ4n) is 2.96. The van der Waals surface area contributed by atoms with Gasteiger partial charge in [0, 0.05) is 18.0 Å². The Hall–Kier alpha value is -3.04. The highest BCUT2D eigenvalue weighted by atomic mass is 32.2. The summed E-state index contributed by atoms with van der Waals surface area (Å²) in [6.07, 6.45) is 0.229. The van der Waals surface area contributed by atoms with Gasteiger partial charge in [-0.3, -0.25) is 9.59 Å². The maximum atomic E-state index is 12.2. The van der Waals surface area contributed by atoms with Crippen molar-refractivity contribution in [2.45, 2.75) is 19.3 Å². The topological polar surface area (TPSA) is 82.0 Å². The molecular formula is C21H19N3O2S. The lowest BCUT2D eigenvalue weighted by Gasteiger charge is -2.25. The van der Waals surface area contributed by atoms with Crippen molar-refractivity contribution < 1.29 is 9.59 Å². The third-order valence-electron chi connectivity index (χ3n) is 4.21. The van der Waals surface area contributed by atoms with Gasteiger partial charge in [-0.2, -0.15) is 5.26 Å². The van der Waals surface area contributed by atoms with E-state index in [4.69, 9.17) is 0 Å². The van der Waals surface area contributed by atoms with E-state index in [2.05, 4.69) is 16.7 Å². The molecule has 2 aromatic carbocycles. The van der Waals surface area contributed by atoms with Crippen LogP contribution in [-0.4, -0.2) is 17.6 Å². The van der Waals surface area contributed by atoms with Gasteiger partial charge in [0.1, 0.15) is 0 Å². The maximum Gasteiger partial charge on any atom is 0.234 e. The molecule has 0 unspecified atom stereocenters. The van der Waals surface area contributed by atoms with E-state index in [9.17, 15) is 14.9 Å². The molecule has 1 aliphatic heterocycles. The minimum atomic E-state index is -0.285. The number of nitrogens with one attached hydrogen (secondary N) is 2. The zero-order chi connectivity index (χ0) is 19.2. The molecule has 0 saturated heterocycles. The Kier molecular flexibility index (Phi) is 5.94. The molecule has 1 heterocycles. The summed E-state index contributed by atoms with van der Waals surface area (Å²) in [6, 6.07) is 19.2. The molecule has 1 aliphatic rings. The minimum Gasteiger partial charge on any atom is -0.325 e. The largest absolute Gasteiger partial charge is 0.325 e. The molecule has 2 aromatic rings. The van der Waals surface area contributed by atoms with Gasteiger partial charge < -0.3 is 10.6 Å². The predicted octanol–water partition coefficient (Wildman–Crippen LogP) is 3.71. The number of nitriles is 1. The number of carbonyl (C=O) groups excluding carboxylic acids is 2. The Morgan fingerprint density at radius 3 is 2.74 bits per heavy atom. The van der Waals surface area contributed by atoms with Crippen LogP contribution in [0.5, 0.6) is 0 Å². The molecule has 3 rings (SSSR count). The molecule has 0 fully saturated rings. The van der Waals surface area contributed by atoms with Crippen molar-refractivity contribution in [3.63, 3.8) is 0 Å². The van der Waals surface area contributed by atoms with Gasteiger partial charge >= 0.3 is 0 Å². The SMILES string of the molecule is Cc1cccc(NC(=O)CSC2=C(C#N)[C@@H](c3ccccc3)CC(=O)N2)c1. The van der Waals surface area contributed by atoms with Crippen molar-refractivity contribution in [2.75, 3.05) is 11.1 Å². The van der Waals surface area contributed by atoms with Crippen LogP contribution in [0.4, 0.5) is 5.69 Å². The summed E-state index contributed by atoms with van der Waals surface area (Å²) in [5.74, 6) is -0.515. The van der Waals surface area contributed by atoms with Gasteiger partial charge in [-0.05, 0) is 30.2 Å². The number of rotatable bonds is 5. The molecule has 2 N–H and O–H groups in total. The first-order chi connectivity index (χ1) is 13.1. The highest BCUT2D eigenvalue weighted by Gasteiger charge is 2.29. The summed E-state index contributed by atoms with van der Waals surface area (Å²) >= 11 is 1.18. The number of carbonyl (C=O) groups is 2. The lowest BCUT2D eigenvalue weighted by atomic mass is 9.87. The van der Waals surface area contributed by atoms with E-state index in [1.54, 1.807) is 0 Å². The van der Waals surface area contributed by atoms with Crippen LogP contribution < -0.4 is 10.6 Å². The lowest BCUT2D eigenvalue weighted by molar-refractivity contribution is -0.121. The lowest BCUT2D eigenvalue weighted by Crippen LogP contribution is -2.31. The van der Waals surface area contributed by atoms with Crippen LogP contribution in [0.15, 0.2) is 65.2 Å². The van der Waals surface area contributed by atoms with Crippen molar-refractivity contribution in [1.29, 1.82) is 5.26 Å². The molecule has 136 valence electrons. The number of nitrogens with zero attached hydrogens (tertiary/aromatic N) is 1. The van der Waals surface area contributed by atoms with Crippen LogP contribution in [0.3, 0.4) is 0 Å². The van der Waals surface area contributed by atoms with Crippen LogP contribution in [0.1, 0.15) is 23.5 Å². The van der Waals surface area contributed by atoms with Gasteiger partial charge in [0.2, 0.25) is 11.8 Å². The van der Waals surface area contributed by atoms with Crippen LogP contribution in [0.25, 0.3) is 0 Å². The first kappa shape index (κ1) is 18.7. The Morgan fingerprint density at radius 1 is 1.26 bits per heavy atom. The van der Waals surface area contributed by atoms with E-state index in [0.29, 0.717) is 10.6 Å². The number of thioether (sulfide) groups is 1. The molecule has 0 saturated carbocycles. The fourth-order valence-corrected chi connectivity index (χ4v) is 3.84. The van der Waals surface area contributed by atoms with E-state index in [1.807, 2.05) is 61.5 Å². The summed E-state index contributed by atoms with van der Waals surface area (Å²) < 4.78 is 0. The van der Waals surface area contributed by atoms with Crippen molar-refractivity contribution in [3.8, 4) is 6.07 Å². The van der Waals surface area contributed by atoms with Crippen LogP contribution in [0, 0.1) is 18.3 Å². The molecular weight excluding hydrogens is 358 g/mol. The van der Waals surface area contributed by atoms with Gasteiger partial charge in [0.25, 0.3) is 0 Å². The molecule has 27 heavy (non-hydrogen) atoms. The molecule has 0 radical (unpaired) electrons. The van der Waals surface area contributed by atoms with Gasteiger partial charge in [-0.1, -0.05) is 54.2 Å². The normalized spacial score (nSPS) is 16.4. The van der Waals surface area contributed by atoms with Crippen LogP contribution in [-0.2, 0) is 9.59 Å². The Labute approximate surface area is 162 Å². The average molecular weight is 377 g/mol. The van der Waals surface area contributed by atoms with Crippen LogP contribution >= 0.6 is 11.8 Å². The van der Waals surface area contributed by atoms with E-state index >= 15 is 0 Å². The molecule has 0 aromatic heterocycles. The van der Waals surface area contributed by atoms with Gasteiger partial charge in [0.15, 0.2) is 0 Å². The van der Waals surface area contributed by atoms with Crippen molar-refractivity contribution in [2.24, 2.45) is 0 Å². The number of amides is 2. The van der Waals surface area contributed by atoms with E-state index in [-0.39, 0.29) is 29.9 Å². The first-order valence-electron chi connectivity index (χ1n) is 8.55. The minimum absolute atomic E-state index is 0.107. The maximum absolute atomic E-state index is 12.2. The number of allylic oxidation sites excluding steroid dienone is 1. The number of hydrogen-bond donors (Lipinski definition) is 2. The third-order valence-corrected chi connectivity index (χ3v) is 5.22. The summed E-state index contributed by atoms with van der Waals surface area (Å²) in [5, 5.41) is 15.7. The van der Waals surface area contributed by atoms with Crippen molar-refractivity contribution in [3.05, 3.63) is 76.3 Å². The van der Waals surface area contributed by atoms with E-state index in [1.165, 1.54) is 11.8 Å². The Morgan fingerprint density at radius 2 is 2.04 bits per heavy atom. The van der Waals surface area contributed by atoms with Gasteiger partial charge in [0.05, 0.1) is 22.4 Å². The molecule has 1 atom stereocenters. The third kappa shape index (κ3) is 4.78. The molecule has 5 nitrogen and oxygen atoms in total. The highest BCUT2D eigenvalue weighted by molar-refractivity contribution is 8.03. The summed E-state index contributed by atoms with van der Waals surface area (Å²) in [7, 11) is 0. The van der Waals surface area contributed by atoms with Crippen LogP contribution in [0.2, 0.25) is 0 Å². The van der Waals surface area contributed by atoms with Crippen molar-refractivity contribution >= 4 is 29.3 Å². The van der Waals surface area contributed by atoms with E-state index in [0.717, 1.165) is 16.8 Å². The summed E-state index contributed by atoms with van der Waals surface area (Å²) in [6.45, 7) is 1.95. The van der Waals surface area contributed by atoms with Gasteiger partial charge in [-0.15, -0.1) is 0 Å². The second-order valence-electron chi connectivity index (χ2n) is 6.28. The van der Waals surface area contributed by atoms with Gasteiger partial charge in [-0.25, -0.2) is 0 Å². The number of anilines is 1. The van der Waals surface area contributed by atoms with Crippen molar-refractivity contribution in [1.82, 2.24) is 5.32 Å². The number of benzene rings is 2. The smallest absolute Gasteiger partial charge is 0.234 e. The summed E-state index contributed by atoms with van der Waals surface area (Å²) in [4.78, 5) is 24.4. The highest BCUT2D eigenvalue weighted by Crippen LogP contribution is 2.35. The first-order valence-corrected chi connectivity index (χ1v) is 9.54. The zero-order valence-corrected chi connectivity index (χ0v) is 15.7. The predicted molar refractivity (Wildman–Crippen MR) is 107 cm³/mol. The average Bonchev–Trinajstić information content (AvgIpc) is 2.66. The zero-order valence-electron chi connectivity index (χ0n) is 14.9. The second-order valence-corrected chi connectivity index (χ2v) is 7.26. The molecule has 0 spiro atoms. The standard InChI is InChI=1S/C21H19N3O2S/c1-14-6-5-9-16(10-14)23-20(26)13-27-21-18(12-22)17(11-19(25)24-21)15-7-3-2-4-8-15/h2-10,17H,11,13H2,1H3,(H,23,26)(H,24,25)/t17-/m1/s1. The Bertz CT molecular complexity index is 932. The molecule has 0 bridgehead atoms. The molecule has 2 amide bonds. The summed E-state index contributed by atoms with van der Waals surface area (Å²) in [5.41, 5.74) is 3.20.